The fourth-order valence-corrected chi connectivity index (χ4v) is 3.87. The third-order valence-corrected chi connectivity index (χ3v) is 5.60. The van der Waals surface area contributed by atoms with Gasteiger partial charge in [-0.25, -0.2) is 14.1 Å². The van der Waals surface area contributed by atoms with E-state index >= 15 is 0 Å². The SMILES string of the molecule is CC[C@H]1[C@H](NC(=O)/C(=N/OC(C)(C)C(=O)O)c2csc(N)n2)C(=O)N1S(=O)(=O)O. The first-order chi connectivity index (χ1) is 13.3. The minimum Gasteiger partial charge on any atom is -0.478 e. The molecule has 15 heteroatoms. The number of anilines is 1. The summed E-state index contributed by atoms with van der Waals surface area (Å²) in [6.45, 7) is 3.97. The van der Waals surface area contributed by atoms with E-state index in [1.54, 1.807) is 6.92 Å². The fourth-order valence-electron chi connectivity index (χ4n) is 2.37. The number of thiazole rings is 1. The zero-order chi connectivity index (χ0) is 22.1. The molecule has 1 aliphatic rings. The number of nitrogen functional groups attached to an aromatic ring is 1. The Bertz CT molecular complexity index is 970. The molecule has 1 aromatic rings. The summed E-state index contributed by atoms with van der Waals surface area (Å²) in [6, 6.07) is -2.25. The van der Waals surface area contributed by atoms with E-state index in [1.165, 1.54) is 19.2 Å². The molecule has 160 valence electrons. The number of carboxylic acids is 1. The summed E-state index contributed by atoms with van der Waals surface area (Å²) >= 11 is 0.984. The molecule has 0 radical (unpaired) electrons. The van der Waals surface area contributed by atoms with Gasteiger partial charge in [-0.2, -0.15) is 8.42 Å². The Morgan fingerprint density at radius 1 is 1.48 bits per heavy atom. The Morgan fingerprint density at radius 2 is 2.10 bits per heavy atom. The van der Waals surface area contributed by atoms with Crippen LogP contribution in [0.1, 0.15) is 32.9 Å². The largest absolute Gasteiger partial charge is 0.478 e. The molecule has 2 rings (SSSR count). The monoisotopic (exact) mass is 449 g/mol. The van der Waals surface area contributed by atoms with Crippen molar-refractivity contribution >= 4 is 50.3 Å². The van der Waals surface area contributed by atoms with Crippen molar-refractivity contribution in [1.82, 2.24) is 14.6 Å². The molecule has 2 amide bonds. The van der Waals surface area contributed by atoms with E-state index in [1.807, 2.05) is 0 Å². The van der Waals surface area contributed by atoms with Crippen LogP contribution in [0.5, 0.6) is 0 Å². The van der Waals surface area contributed by atoms with Gasteiger partial charge in [-0.05, 0) is 20.3 Å². The molecule has 0 unspecified atom stereocenters. The molecule has 1 fully saturated rings. The molecular weight excluding hydrogens is 430 g/mol. The molecule has 0 saturated carbocycles. The van der Waals surface area contributed by atoms with Crippen LogP contribution in [0.3, 0.4) is 0 Å². The lowest BCUT2D eigenvalue weighted by molar-refractivity contribution is -0.161. The number of aliphatic carboxylic acids is 1. The molecule has 1 aromatic heterocycles. The number of carbonyl (C=O) groups excluding carboxylic acids is 2. The number of hydrogen-bond acceptors (Lipinski definition) is 10. The van der Waals surface area contributed by atoms with Crippen LogP contribution >= 0.6 is 11.3 Å². The number of nitrogens with zero attached hydrogens (tertiary/aromatic N) is 3. The van der Waals surface area contributed by atoms with Gasteiger partial charge in [0.15, 0.2) is 10.8 Å². The maximum absolute atomic E-state index is 12.7. The molecule has 0 aliphatic carbocycles. The number of hydrogen-bond donors (Lipinski definition) is 4. The minimum atomic E-state index is -4.77. The number of nitrogens with one attached hydrogen (secondary N) is 1. The highest BCUT2D eigenvalue weighted by Gasteiger charge is 2.53. The van der Waals surface area contributed by atoms with Crippen LogP contribution in [0.15, 0.2) is 10.5 Å². The van der Waals surface area contributed by atoms with Crippen LogP contribution in [-0.4, -0.2) is 68.5 Å². The molecule has 0 bridgehead atoms. The Morgan fingerprint density at radius 3 is 2.55 bits per heavy atom. The van der Waals surface area contributed by atoms with E-state index < -0.39 is 51.5 Å². The number of carboxylic acid groups (broad SMARTS) is 1. The van der Waals surface area contributed by atoms with Crippen molar-refractivity contribution in [3.05, 3.63) is 11.1 Å². The number of β-lactam (4-membered cyclic amide) rings is 1. The summed E-state index contributed by atoms with van der Waals surface area (Å²) < 4.78 is 32.0. The Labute approximate surface area is 169 Å². The number of rotatable bonds is 8. The number of amides is 2. The van der Waals surface area contributed by atoms with E-state index in [2.05, 4.69) is 15.5 Å². The van der Waals surface area contributed by atoms with E-state index in [0.717, 1.165) is 11.3 Å². The van der Waals surface area contributed by atoms with Gasteiger partial charge >= 0.3 is 16.3 Å². The van der Waals surface area contributed by atoms with Crippen molar-refractivity contribution < 1.29 is 37.3 Å². The maximum Gasteiger partial charge on any atom is 0.362 e. The van der Waals surface area contributed by atoms with Gasteiger partial charge in [0.2, 0.25) is 5.60 Å². The van der Waals surface area contributed by atoms with Gasteiger partial charge in [0, 0.05) is 5.38 Å². The predicted octanol–water partition coefficient (Wildman–Crippen LogP) is -0.782. The van der Waals surface area contributed by atoms with Crippen LogP contribution < -0.4 is 11.1 Å². The van der Waals surface area contributed by atoms with Crippen molar-refractivity contribution in [3.8, 4) is 0 Å². The van der Waals surface area contributed by atoms with Gasteiger partial charge in [0.1, 0.15) is 11.7 Å². The van der Waals surface area contributed by atoms with Gasteiger partial charge in [0.05, 0.1) is 6.04 Å². The number of nitrogens with two attached hydrogens (primary N) is 1. The van der Waals surface area contributed by atoms with Crippen molar-refractivity contribution in [2.45, 2.75) is 44.9 Å². The van der Waals surface area contributed by atoms with Crippen LogP contribution in [0.25, 0.3) is 0 Å². The van der Waals surface area contributed by atoms with E-state index in [4.69, 9.17) is 20.2 Å². The zero-order valence-corrected chi connectivity index (χ0v) is 17.2. The van der Waals surface area contributed by atoms with Gasteiger partial charge in [-0.1, -0.05) is 12.1 Å². The van der Waals surface area contributed by atoms with Crippen LogP contribution in [0.4, 0.5) is 5.13 Å². The van der Waals surface area contributed by atoms with Gasteiger partial charge in [-0.3, -0.25) is 14.1 Å². The summed E-state index contributed by atoms with van der Waals surface area (Å²) in [6.07, 6.45) is 0.120. The lowest BCUT2D eigenvalue weighted by Crippen LogP contribution is -2.72. The highest BCUT2D eigenvalue weighted by molar-refractivity contribution is 7.84. The second-order valence-corrected chi connectivity index (χ2v) is 8.63. The zero-order valence-electron chi connectivity index (χ0n) is 15.5. The molecular formula is C14H19N5O8S2. The van der Waals surface area contributed by atoms with Crippen LogP contribution in [0, 0.1) is 0 Å². The summed E-state index contributed by atoms with van der Waals surface area (Å²) in [5.74, 6) is -3.34. The van der Waals surface area contributed by atoms with Gasteiger partial charge in [0.25, 0.3) is 11.8 Å². The first-order valence-corrected chi connectivity index (χ1v) is 10.4. The normalized spacial score (nSPS) is 20.2. The first-order valence-electron chi connectivity index (χ1n) is 8.12. The highest BCUT2D eigenvalue weighted by Crippen LogP contribution is 2.26. The van der Waals surface area contributed by atoms with Crippen LogP contribution in [0.2, 0.25) is 0 Å². The molecule has 29 heavy (non-hydrogen) atoms. The Hall–Kier alpha value is -2.78. The highest BCUT2D eigenvalue weighted by atomic mass is 32.2. The van der Waals surface area contributed by atoms with E-state index in [0.29, 0.717) is 0 Å². The van der Waals surface area contributed by atoms with Gasteiger partial charge < -0.3 is 21.0 Å². The van der Waals surface area contributed by atoms with Crippen molar-refractivity contribution in [2.24, 2.45) is 5.16 Å². The quantitative estimate of drug-likeness (QED) is 0.169. The second-order valence-electron chi connectivity index (χ2n) is 6.46. The Balaban J connectivity index is 2.29. The number of aromatic nitrogens is 1. The summed E-state index contributed by atoms with van der Waals surface area (Å²) in [7, 11) is -4.77. The smallest absolute Gasteiger partial charge is 0.362 e. The summed E-state index contributed by atoms with van der Waals surface area (Å²) in [5, 5.41) is 16.5. The van der Waals surface area contributed by atoms with E-state index in [-0.39, 0.29) is 21.6 Å². The third-order valence-electron chi connectivity index (χ3n) is 3.98. The predicted molar refractivity (Wildman–Crippen MR) is 100 cm³/mol. The maximum atomic E-state index is 12.7. The third kappa shape index (κ3) is 4.63. The van der Waals surface area contributed by atoms with E-state index in [9.17, 15) is 22.8 Å². The molecule has 13 nitrogen and oxygen atoms in total. The molecule has 0 spiro atoms. The van der Waals surface area contributed by atoms with Crippen molar-refractivity contribution in [1.29, 1.82) is 0 Å². The summed E-state index contributed by atoms with van der Waals surface area (Å²) in [5.41, 5.74) is 3.29. The first kappa shape index (κ1) is 22.5. The second kappa shape index (κ2) is 7.92. The Kier molecular flexibility index (Phi) is 6.15. The lowest BCUT2D eigenvalue weighted by Gasteiger charge is -2.43. The van der Waals surface area contributed by atoms with Crippen LogP contribution in [-0.2, 0) is 29.5 Å². The standard InChI is InChI=1S/C14H19N5O8S2/c1-4-7-9(11(21)19(7)29(24,25)26)17-10(20)8(6-5-28-13(15)16-6)18-27-14(2,3)12(22)23/h5,7,9H,4H2,1-3H3,(H2,15,16)(H,17,20)(H,22,23)(H,24,25,26)/b18-8+/t7-,9-/m0/s1. The van der Waals surface area contributed by atoms with Crippen molar-refractivity contribution in [2.75, 3.05) is 5.73 Å². The molecule has 2 atom stereocenters. The lowest BCUT2D eigenvalue weighted by atomic mass is 9.96. The number of carbonyl (C=O) groups is 3. The molecule has 5 N–H and O–H groups in total. The average molecular weight is 449 g/mol. The average Bonchev–Trinajstić information content (AvgIpc) is 3.01. The molecule has 2 heterocycles. The molecule has 0 aromatic carbocycles. The fraction of sp³-hybridized carbons (Fsp3) is 0.500. The molecule has 1 aliphatic heterocycles. The van der Waals surface area contributed by atoms with Gasteiger partial charge in [-0.15, -0.1) is 11.3 Å². The van der Waals surface area contributed by atoms with Crippen molar-refractivity contribution in [3.63, 3.8) is 0 Å². The number of oxime groups is 1. The minimum absolute atomic E-state index is 0.0300. The topological polar surface area (TPSA) is 202 Å². The molecule has 1 saturated heterocycles. The summed E-state index contributed by atoms with van der Waals surface area (Å²) in [4.78, 5) is 44.8.